The van der Waals surface area contributed by atoms with E-state index in [2.05, 4.69) is 25.2 Å². The summed E-state index contributed by atoms with van der Waals surface area (Å²) in [7, 11) is 0. The largest absolute Gasteiger partial charge is 0.492 e. The summed E-state index contributed by atoms with van der Waals surface area (Å²) >= 11 is 0. The molecule has 1 fully saturated rings. The molecule has 11 nitrogen and oxygen atoms in total. The van der Waals surface area contributed by atoms with E-state index in [0.717, 1.165) is 39.3 Å². The number of carbonyl (C=O) groups is 1. The number of morpholine rings is 1. The number of fused-ring (bicyclic) bond motifs is 1. The molecule has 3 aromatic heterocycles. The van der Waals surface area contributed by atoms with Crippen LogP contribution in [0.25, 0.3) is 22.6 Å². The molecule has 0 spiro atoms. The van der Waals surface area contributed by atoms with Crippen LogP contribution < -0.4 is 20.3 Å². The van der Waals surface area contributed by atoms with E-state index in [1.54, 1.807) is 30.5 Å². The van der Waals surface area contributed by atoms with Gasteiger partial charge >= 0.3 is 0 Å². The SMILES string of the molecule is CCOc1cccc(-c2nc3ncc(OCCCN4CCOCC4)cc3c(=O)n2CC(=O)NC(C)C)n1. The van der Waals surface area contributed by atoms with Crippen molar-refractivity contribution in [1.29, 1.82) is 0 Å². The molecule has 0 aromatic carbocycles. The molecule has 1 aliphatic rings. The average molecular weight is 511 g/mol. The van der Waals surface area contributed by atoms with Gasteiger partial charge in [0, 0.05) is 31.7 Å². The van der Waals surface area contributed by atoms with Gasteiger partial charge in [-0.2, -0.15) is 0 Å². The van der Waals surface area contributed by atoms with Crippen molar-refractivity contribution in [2.45, 2.75) is 39.8 Å². The van der Waals surface area contributed by atoms with Crippen molar-refractivity contribution in [2.75, 3.05) is 46.1 Å². The van der Waals surface area contributed by atoms with E-state index in [0.29, 0.717) is 30.5 Å². The molecule has 1 aliphatic heterocycles. The predicted octanol–water partition coefficient (Wildman–Crippen LogP) is 1.88. The van der Waals surface area contributed by atoms with Gasteiger partial charge in [-0.15, -0.1) is 0 Å². The van der Waals surface area contributed by atoms with Crippen LogP contribution in [0, 0.1) is 0 Å². The summed E-state index contributed by atoms with van der Waals surface area (Å²) in [4.78, 5) is 42.1. The summed E-state index contributed by atoms with van der Waals surface area (Å²) in [6, 6.07) is 6.78. The molecule has 4 heterocycles. The van der Waals surface area contributed by atoms with Gasteiger partial charge in [-0.1, -0.05) is 6.07 Å². The molecule has 0 bridgehead atoms. The average Bonchev–Trinajstić information content (AvgIpc) is 2.89. The molecule has 0 saturated carbocycles. The van der Waals surface area contributed by atoms with E-state index >= 15 is 0 Å². The fourth-order valence-corrected chi connectivity index (χ4v) is 4.09. The Morgan fingerprint density at radius 3 is 2.76 bits per heavy atom. The topological polar surface area (TPSA) is 121 Å². The number of nitrogens with one attached hydrogen (secondary N) is 1. The van der Waals surface area contributed by atoms with Gasteiger partial charge in [0.2, 0.25) is 11.8 Å². The first-order valence-electron chi connectivity index (χ1n) is 12.7. The summed E-state index contributed by atoms with van der Waals surface area (Å²) in [5, 5.41) is 3.10. The Bertz CT molecular complexity index is 1270. The van der Waals surface area contributed by atoms with Gasteiger partial charge in [0.25, 0.3) is 5.56 Å². The first kappa shape index (κ1) is 26.5. The van der Waals surface area contributed by atoms with Gasteiger partial charge in [0.15, 0.2) is 11.5 Å². The van der Waals surface area contributed by atoms with Gasteiger partial charge in [-0.25, -0.2) is 15.0 Å². The van der Waals surface area contributed by atoms with Crippen molar-refractivity contribution in [1.82, 2.24) is 29.7 Å². The van der Waals surface area contributed by atoms with Crippen LogP contribution in [-0.2, 0) is 16.1 Å². The van der Waals surface area contributed by atoms with Crippen molar-refractivity contribution in [3.8, 4) is 23.1 Å². The third kappa shape index (κ3) is 7.01. The molecule has 0 radical (unpaired) electrons. The molecule has 198 valence electrons. The number of rotatable bonds is 11. The number of ether oxygens (including phenoxy) is 3. The second-order valence-electron chi connectivity index (χ2n) is 9.04. The smallest absolute Gasteiger partial charge is 0.263 e. The molecular formula is C26H34N6O5. The third-order valence-electron chi connectivity index (χ3n) is 5.77. The van der Waals surface area contributed by atoms with Gasteiger partial charge < -0.3 is 19.5 Å². The van der Waals surface area contributed by atoms with Crippen LogP contribution >= 0.6 is 0 Å². The van der Waals surface area contributed by atoms with Crippen LogP contribution in [0.3, 0.4) is 0 Å². The van der Waals surface area contributed by atoms with Crippen molar-refractivity contribution in [3.05, 3.63) is 40.8 Å². The van der Waals surface area contributed by atoms with E-state index in [1.807, 2.05) is 20.8 Å². The van der Waals surface area contributed by atoms with Crippen LogP contribution in [0.1, 0.15) is 27.2 Å². The highest BCUT2D eigenvalue weighted by Crippen LogP contribution is 2.21. The summed E-state index contributed by atoms with van der Waals surface area (Å²) in [6.45, 7) is 10.6. The van der Waals surface area contributed by atoms with E-state index in [9.17, 15) is 9.59 Å². The van der Waals surface area contributed by atoms with E-state index < -0.39 is 5.56 Å². The number of hydrogen-bond donors (Lipinski definition) is 1. The molecule has 1 saturated heterocycles. The van der Waals surface area contributed by atoms with Crippen LogP contribution in [-0.4, -0.2) is 82.4 Å². The number of carbonyl (C=O) groups excluding carboxylic acids is 1. The van der Waals surface area contributed by atoms with Gasteiger partial charge in [-0.05, 0) is 39.3 Å². The Morgan fingerprint density at radius 1 is 1.19 bits per heavy atom. The number of hydrogen-bond acceptors (Lipinski definition) is 9. The second kappa shape index (κ2) is 12.6. The lowest BCUT2D eigenvalue weighted by Crippen LogP contribution is -2.37. The standard InChI is InChI=1S/C26H34N6O5/c1-4-36-23-8-5-7-21(29-23)25-30-24-20(26(34)32(25)17-22(33)28-18(2)3)15-19(16-27-24)37-12-6-9-31-10-13-35-14-11-31/h5,7-8,15-16,18H,4,6,9-14,17H2,1-3H3,(H,28,33). The molecule has 0 unspecified atom stereocenters. The van der Waals surface area contributed by atoms with Crippen LogP contribution in [0.2, 0.25) is 0 Å². The van der Waals surface area contributed by atoms with Crippen molar-refractivity contribution in [3.63, 3.8) is 0 Å². The normalized spacial score (nSPS) is 14.2. The molecule has 1 amide bonds. The monoisotopic (exact) mass is 510 g/mol. The Labute approximate surface area is 215 Å². The maximum absolute atomic E-state index is 13.6. The first-order valence-corrected chi connectivity index (χ1v) is 12.7. The molecule has 37 heavy (non-hydrogen) atoms. The second-order valence-corrected chi connectivity index (χ2v) is 9.04. The lowest BCUT2D eigenvalue weighted by Gasteiger charge is -2.26. The zero-order valence-corrected chi connectivity index (χ0v) is 21.6. The summed E-state index contributed by atoms with van der Waals surface area (Å²) < 4.78 is 18.1. The van der Waals surface area contributed by atoms with Gasteiger partial charge in [0.05, 0.1) is 38.0 Å². The van der Waals surface area contributed by atoms with Gasteiger partial charge in [0.1, 0.15) is 18.0 Å². The molecule has 3 aromatic rings. The molecule has 0 atom stereocenters. The highest BCUT2D eigenvalue weighted by molar-refractivity contribution is 5.80. The molecule has 4 rings (SSSR count). The zero-order chi connectivity index (χ0) is 26.2. The Hall–Kier alpha value is -3.57. The summed E-state index contributed by atoms with van der Waals surface area (Å²) in [5.41, 5.74) is 0.270. The van der Waals surface area contributed by atoms with Crippen LogP contribution in [0.15, 0.2) is 35.3 Å². The van der Waals surface area contributed by atoms with Crippen LogP contribution in [0.5, 0.6) is 11.6 Å². The summed E-state index contributed by atoms with van der Waals surface area (Å²) in [6.07, 6.45) is 2.41. The maximum atomic E-state index is 13.6. The lowest BCUT2D eigenvalue weighted by molar-refractivity contribution is -0.122. The van der Waals surface area contributed by atoms with E-state index in [1.165, 1.54) is 4.57 Å². The molecule has 1 N–H and O–H groups in total. The minimum absolute atomic E-state index is 0.0707. The molecule has 0 aliphatic carbocycles. The minimum atomic E-state index is -0.395. The third-order valence-corrected chi connectivity index (χ3v) is 5.77. The number of aromatic nitrogens is 4. The molecular weight excluding hydrogens is 476 g/mol. The summed E-state index contributed by atoms with van der Waals surface area (Å²) in [5.74, 6) is 0.825. The van der Waals surface area contributed by atoms with Crippen molar-refractivity contribution in [2.24, 2.45) is 0 Å². The van der Waals surface area contributed by atoms with Crippen LogP contribution in [0.4, 0.5) is 0 Å². The zero-order valence-electron chi connectivity index (χ0n) is 21.6. The van der Waals surface area contributed by atoms with Crippen molar-refractivity contribution >= 4 is 16.9 Å². The molecule has 11 heteroatoms. The Kier molecular flexibility index (Phi) is 9.02. The quantitative estimate of drug-likeness (QED) is 0.385. The fourth-order valence-electron chi connectivity index (χ4n) is 4.09. The van der Waals surface area contributed by atoms with Crippen molar-refractivity contribution < 1.29 is 19.0 Å². The van der Waals surface area contributed by atoms with E-state index in [-0.39, 0.29) is 35.4 Å². The lowest BCUT2D eigenvalue weighted by atomic mass is 10.2. The highest BCUT2D eigenvalue weighted by atomic mass is 16.5. The number of pyridine rings is 2. The van der Waals surface area contributed by atoms with E-state index in [4.69, 9.17) is 14.2 Å². The Morgan fingerprint density at radius 2 is 2.00 bits per heavy atom. The first-order chi connectivity index (χ1) is 17.9. The van der Waals surface area contributed by atoms with Gasteiger partial charge in [-0.3, -0.25) is 19.1 Å². The number of nitrogens with zero attached hydrogens (tertiary/aromatic N) is 5. The fraction of sp³-hybridized carbons (Fsp3) is 0.500. The maximum Gasteiger partial charge on any atom is 0.263 e. The number of amides is 1. The highest BCUT2D eigenvalue weighted by Gasteiger charge is 2.19. The minimum Gasteiger partial charge on any atom is -0.492 e. The predicted molar refractivity (Wildman–Crippen MR) is 139 cm³/mol. The Balaban J connectivity index is 1.61.